The first kappa shape index (κ1) is 8.98. The van der Waals surface area contributed by atoms with Gasteiger partial charge in [0.25, 0.3) is 0 Å². The van der Waals surface area contributed by atoms with Crippen LogP contribution in [0.5, 0.6) is 0 Å². The summed E-state index contributed by atoms with van der Waals surface area (Å²) in [7, 11) is 0. The van der Waals surface area contributed by atoms with Gasteiger partial charge in [-0.25, -0.2) is 0 Å². The van der Waals surface area contributed by atoms with Gasteiger partial charge in [0.05, 0.1) is 0 Å². The highest BCUT2D eigenvalue weighted by atomic mass is 16.1. The van der Waals surface area contributed by atoms with E-state index in [-0.39, 0.29) is 0 Å². The van der Waals surface area contributed by atoms with E-state index in [1.165, 1.54) is 0 Å². The van der Waals surface area contributed by atoms with Crippen molar-refractivity contribution in [2.75, 3.05) is 0 Å². The zero-order valence-electron chi connectivity index (χ0n) is 7.58. The lowest BCUT2D eigenvalue weighted by molar-refractivity contribution is 0.112. The van der Waals surface area contributed by atoms with Crippen molar-refractivity contribution in [3.05, 3.63) is 35.4 Å². The van der Waals surface area contributed by atoms with Crippen molar-refractivity contribution in [2.24, 2.45) is 0 Å². The van der Waals surface area contributed by atoms with Gasteiger partial charge in [-0.15, -0.1) is 0 Å². The fourth-order valence-electron chi connectivity index (χ4n) is 1.29. The van der Waals surface area contributed by atoms with Crippen LogP contribution in [0.1, 0.15) is 42.1 Å². The molecule has 0 spiro atoms. The summed E-state index contributed by atoms with van der Waals surface area (Å²) in [5, 5.41) is 0. The molecule has 0 heterocycles. The molecule has 0 radical (unpaired) electrons. The van der Waals surface area contributed by atoms with Gasteiger partial charge in [-0.3, -0.25) is 4.79 Å². The molecule has 0 amide bonds. The summed E-state index contributed by atoms with van der Waals surface area (Å²) in [6, 6.07) is 7.77. The molecule has 0 aliphatic heterocycles. The van der Waals surface area contributed by atoms with Gasteiger partial charge < -0.3 is 0 Å². The summed E-state index contributed by atoms with van der Waals surface area (Å²) in [5.41, 5.74) is 1.99. The molecule has 1 heteroatoms. The molecule has 0 aromatic heterocycles. The Morgan fingerprint density at radius 2 is 2.08 bits per heavy atom. The molecular weight excluding hydrogens is 148 g/mol. The molecule has 1 aromatic carbocycles. The third-order valence-corrected chi connectivity index (χ3v) is 2.27. The molecule has 0 saturated carbocycles. The minimum Gasteiger partial charge on any atom is -0.298 e. The van der Waals surface area contributed by atoms with Crippen LogP contribution in [-0.2, 0) is 0 Å². The van der Waals surface area contributed by atoms with Gasteiger partial charge in [-0.05, 0) is 17.9 Å². The van der Waals surface area contributed by atoms with Crippen LogP contribution in [0.3, 0.4) is 0 Å². The van der Waals surface area contributed by atoms with Gasteiger partial charge in [0.15, 0.2) is 0 Å². The van der Waals surface area contributed by atoms with E-state index in [2.05, 4.69) is 13.8 Å². The van der Waals surface area contributed by atoms with Crippen LogP contribution in [0, 0.1) is 0 Å². The Morgan fingerprint density at radius 3 is 2.67 bits per heavy atom. The molecule has 0 aliphatic rings. The minimum atomic E-state index is 0.478. The molecule has 0 aliphatic carbocycles. The third kappa shape index (κ3) is 1.73. The Kier molecular flexibility index (Phi) is 3.03. The van der Waals surface area contributed by atoms with Crippen LogP contribution in [0.4, 0.5) is 0 Å². The summed E-state index contributed by atoms with van der Waals surface area (Å²) in [4.78, 5) is 10.6. The molecule has 64 valence electrons. The topological polar surface area (TPSA) is 17.1 Å². The Balaban J connectivity index is 3.04. The van der Waals surface area contributed by atoms with Gasteiger partial charge in [-0.1, -0.05) is 38.1 Å². The maximum absolute atomic E-state index is 10.6. The Hall–Kier alpha value is -1.11. The monoisotopic (exact) mass is 162 g/mol. The fourth-order valence-corrected chi connectivity index (χ4v) is 1.29. The van der Waals surface area contributed by atoms with E-state index in [0.717, 1.165) is 23.8 Å². The zero-order valence-corrected chi connectivity index (χ0v) is 7.58. The van der Waals surface area contributed by atoms with Crippen LogP contribution in [0.15, 0.2) is 24.3 Å². The SMILES string of the molecule is CC[C@H](C)c1ccccc1C=O. The van der Waals surface area contributed by atoms with Gasteiger partial charge in [0.1, 0.15) is 6.29 Å². The maximum atomic E-state index is 10.6. The second kappa shape index (κ2) is 4.05. The van der Waals surface area contributed by atoms with Gasteiger partial charge in [0.2, 0.25) is 0 Å². The first-order valence-corrected chi connectivity index (χ1v) is 4.33. The highest BCUT2D eigenvalue weighted by Gasteiger charge is 2.06. The molecule has 1 rings (SSSR count). The van der Waals surface area contributed by atoms with Crippen molar-refractivity contribution in [1.29, 1.82) is 0 Å². The summed E-state index contributed by atoms with van der Waals surface area (Å²) in [5.74, 6) is 0.478. The molecular formula is C11H14O. The van der Waals surface area contributed by atoms with Crippen LogP contribution in [-0.4, -0.2) is 6.29 Å². The molecule has 0 saturated heterocycles. The van der Waals surface area contributed by atoms with Gasteiger partial charge >= 0.3 is 0 Å². The van der Waals surface area contributed by atoms with Crippen molar-refractivity contribution < 1.29 is 4.79 Å². The molecule has 1 atom stereocenters. The second-order valence-electron chi connectivity index (χ2n) is 3.06. The first-order valence-electron chi connectivity index (χ1n) is 4.33. The average molecular weight is 162 g/mol. The third-order valence-electron chi connectivity index (χ3n) is 2.27. The maximum Gasteiger partial charge on any atom is 0.150 e. The van der Waals surface area contributed by atoms with E-state index in [1.807, 2.05) is 24.3 Å². The number of hydrogen-bond acceptors (Lipinski definition) is 1. The smallest absolute Gasteiger partial charge is 0.150 e. The van der Waals surface area contributed by atoms with E-state index in [0.29, 0.717) is 5.92 Å². The molecule has 0 fully saturated rings. The summed E-state index contributed by atoms with van der Waals surface area (Å²) >= 11 is 0. The fraction of sp³-hybridized carbons (Fsp3) is 0.364. The van der Waals surface area contributed by atoms with E-state index < -0.39 is 0 Å². The number of hydrogen-bond donors (Lipinski definition) is 0. The van der Waals surface area contributed by atoms with Crippen LogP contribution < -0.4 is 0 Å². The standard InChI is InChI=1S/C11H14O/c1-3-9(2)11-7-5-4-6-10(11)8-12/h4-9H,3H2,1-2H3/t9-/m0/s1. The normalized spacial score (nSPS) is 12.5. The number of carbonyl (C=O) groups excluding carboxylic acids is 1. The molecule has 1 nitrogen and oxygen atoms in total. The Bertz CT molecular complexity index is 265. The molecule has 0 unspecified atom stereocenters. The Labute approximate surface area is 73.4 Å². The van der Waals surface area contributed by atoms with Crippen LogP contribution in [0.25, 0.3) is 0 Å². The Morgan fingerprint density at radius 1 is 1.42 bits per heavy atom. The van der Waals surface area contributed by atoms with Gasteiger partial charge in [0, 0.05) is 5.56 Å². The van der Waals surface area contributed by atoms with Crippen LogP contribution in [0.2, 0.25) is 0 Å². The highest BCUT2D eigenvalue weighted by Crippen LogP contribution is 2.20. The summed E-state index contributed by atoms with van der Waals surface area (Å²) in [6.07, 6.45) is 2.01. The lowest BCUT2D eigenvalue weighted by atomic mass is 9.94. The van der Waals surface area contributed by atoms with Crippen molar-refractivity contribution in [2.45, 2.75) is 26.2 Å². The molecule has 12 heavy (non-hydrogen) atoms. The zero-order chi connectivity index (χ0) is 8.97. The number of carbonyl (C=O) groups is 1. The molecule has 1 aromatic rings. The van der Waals surface area contributed by atoms with Crippen molar-refractivity contribution in [1.82, 2.24) is 0 Å². The quantitative estimate of drug-likeness (QED) is 0.624. The predicted octanol–water partition coefficient (Wildman–Crippen LogP) is 3.01. The number of rotatable bonds is 3. The molecule has 0 N–H and O–H groups in total. The predicted molar refractivity (Wildman–Crippen MR) is 50.5 cm³/mol. The highest BCUT2D eigenvalue weighted by molar-refractivity contribution is 5.77. The van der Waals surface area contributed by atoms with Crippen molar-refractivity contribution >= 4 is 6.29 Å². The lowest BCUT2D eigenvalue weighted by Crippen LogP contribution is -1.96. The van der Waals surface area contributed by atoms with Gasteiger partial charge in [-0.2, -0.15) is 0 Å². The largest absolute Gasteiger partial charge is 0.298 e. The second-order valence-corrected chi connectivity index (χ2v) is 3.06. The summed E-state index contributed by atoms with van der Waals surface area (Å²) in [6.45, 7) is 4.27. The number of benzene rings is 1. The summed E-state index contributed by atoms with van der Waals surface area (Å²) < 4.78 is 0. The van der Waals surface area contributed by atoms with E-state index in [9.17, 15) is 4.79 Å². The van der Waals surface area contributed by atoms with E-state index in [4.69, 9.17) is 0 Å². The number of aldehydes is 1. The van der Waals surface area contributed by atoms with Crippen molar-refractivity contribution in [3.63, 3.8) is 0 Å². The average Bonchev–Trinajstić information content (AvgIpc) is 2.16. The van der Waals surface area contributed by atoms with E-state index >= 15 is 0 Å². The van der Waals surface area contributed by atoms with Crippen molar-refractivity contribution in [3.8, 4) is 0 Å². The van der Waals surface area contributed by atoms with Crippen LogP contribution >= 0.6 is 0 Å². The lowest BCUT2D eigenvalue weighted by Gasteiger charge is -2.10. The first-order chi connectivity index (χ1) is 5.79. The minimum absolute atomic E-state index is 0.478. The molecule has 0 bridgehead atoms. The van der Waals surface area contributed by atoms with E-state index in [1.54, 1.807) is 0 Å².